The first kappa shape index (κ1) is 23.4. The van der Waals surface area contributed by atoms with Gasteiger partial charge in [-0.05, 0) is 53.9 Å². The zero-order valence-electron chi connectivity index (χ0n) is 19.8. The van der Waals surface area contributed by atoms with Crippen LogP contribution in [0, 0.1) is 5.92 Å². The van der Waals surface area contributed by atoms with Gasteiger partial charge in [-0.3, -0.25) is 4.79 Å². The molecule has 2 aromatic rings. The maximum absolute atomic E-state index is 13.2. The number of carbonyl (C=O) groups excluding carboxylic acids is 2. The highest BCUT2D eigenvalue weighted by molar-refractivity contribution is 5.91. The van der Waals surface area contributed by atoms with Crippen molar-refractivity contribution in [2.24, 2.45) is 5.92 Å². The van der Waals surface area contributed by atoms with Gasteiger partial charge in [-0.2, -0.15) is 0 Å². The van der Waals surface area contributed by atoms with Crippen molar-refractivity contribution in [3.63, 3.8) is 0 Å². The van der Waals surface area contributed by atoms with Gasteiger partial charge in [0.25, 0.3) is 0 Å². The number of carbonyl (C=O) groups is 3. The lowest BCUT2D eigenvalue weighted by Crippen LogP contribution is -2.62. The minimum Gasteiger partial charge on any atom is -0.480 e. The summed E-state index contributed by atoms with van der Waals surface area (Å²) in [6.07, 6.45) is 5.31. The van der Waals surface area contributed by atoms with Crippen LogP contribution in [0.4, 0.5) is 4.79 Å². The predicted octanol–water partition coefficient (Wildman–Crippen LogP) is 4.60. The highest BCUT2D eigenvalue weighted by Crippen LogP contribution is 2.44. The maximum atomic E-state index is 13.2. The Balaban J connectivity index is 1.26. The van der Waals surface area contributed by atoms with Crippen molar-refractivity contribution < 1.29 is 24.2 Å². The molecule has 0 radical (unpaired) electrons. The van der Waals surface area contributed by atoms with Crippen molar-refractivity contribution in [2.75, 3.05) is 6.61 Å². The molecule has 0 saturated heterocycles. The lowest BCUT2D eigenvalue weighted by atomic mass is 9.77. The van der Waals surface area contributed by atoms with E-state index < -0.39 is 29.6 Å². The Morgan fingerprint density at radius 3 is 2.06 bits per heavy atom. The number of aliphatic carboxylic acids is 1. The largest absolute Gasteiger partial charge is 0.480 e. The number of alkyl carbamates (subject to hydrolysis) is 1. The second kappa shape index (κ2) is 9.72. The molecule has 7 heteroatoms. The summed E-state index contributed by atoms with van der Waals surface area (Å²) < 4.78 is 5.66. The van der Waals surface area contributed by atoms with Crippen LogP contribution in [-0.4, -0.2) is 41.3 Å². The van der Waals surface area contributed by atoms with Gasteiger partial charge in [-0.15, -0.1) is 0 Å². The predicted molar refractivity (Wildman–Crippen MR) is 131 cm³/mol. The van der Waals surface area contributed by atoms with Crippen molar-refractivity contribution in [1.82, 2.24) is 10.6 Å². The SMILES string of the molecule is O=C(NC(C(=O)NC1(C(=O)O)CCCCC1)C1CCC1)OCC1c2ccccc2-c2ccccc21. The fourth-order valence-corrected chi connectivity index (χ4v) is 5.80. The molecule has 3 N–H and O–H groups in total. The number of benzene rings is 2. The monoisotopic (exact) mass is 476 g/mol. The number of hydrogen-bond acceptors (Lipinski definition) is 4. The van der Waals surface area contributed by atoms with E-state index in [2.05, 4.69) is 34.9 Å². The Bertz CT molecular complexity index is 1070. The van der Waals surface area contributed by atoms with Crippen LogP contribution < -0.4 is 10.6 Å². The number of carboxylic acids is 1. The maximum Gasteiger partial charge on any atom is 0.407 e. The van der Waals surface area contributed by atoms with E-state index in [1.807, 2.05) is 24.3 Å². The molecule has 3 aliphatic carbocycles. The molecule has 0 spiro atoms. The van der Waals surface area contributed by atoms with Crippen LogP contribution in [0.3, 0.4) is 0 Å². The van der Waals surface area contributed by atoms with E-state index in [0.717, 1.165) is 60.8 Å². The molecule has 5 rings (SSSR count). The molecule has 0 aliphatic heterocycles. The zero-order valence-corrected chi connectivity index (χ0v) is 19.8. The van der Waals surface area contributed by atoms with Crippen molar-refractivity contribution in [3.05, 3.63) is 59.7 Å². The molecule has 0 aromatic heterocycles. The number of amides is 2. The normalized spacial score (nSPS) is 19.5. The Hall–Kier alpha value is -3.35. The molecule has 7 nitrogen and oxygen atoms in total. The topological polar surface area (TPSA) is 105 Å². The van der Waals surface area contributed by atoms with Crippen LogP contribution in [0.2, 0.25) is 0 Å². The molecule has 1 unspecified atom stereocenters. The van der Waals surface area contributed by atoms with Gasteiger partial charge in [-0.25, -0.2) is 9.59 Å². The number of ether oxygens (including phenoxy) is 1. The quantitative estimate of drug-likeness (QED) is 0.542. The van der Waals surface area contributed by atoms with Gasteiger partial charge in [0.2, 0.25) is 5.91 Å². The molecule has 2 fully saturated rings. The summed E-state index contributed by atoms with van der Waals surface area (Å²) in [5.74, 6) is -1.50. The molecule has 184 valence electrons. The van der Waals surface area contributed by atoms with E-state index in [0.29, 0.717) is 12.8 Å². The molecular weight excluding hydrogens is 444 g/mol. The number of rotatable bonds is 7. The summed E-state index contributed by atoms with van der Waals surface area (Å²) in [6.45, 7) is 0.165. The molecule has 3 aliphatic rings. The fourth-order valence-electron chi connectivity index (χ4n) is 5.80. The second-order valence-electron chi connectivity index (χ2n) is 10.1. The molecule has 2 amide bonds. The zero-order chi connectivity index (χ0) is 24.4. The molecule has 2 saturated carbocycles. The number of carboxylic acid groups (broad SMARTS) is 1. The van der Waals surface area contributed by atoms with E-state index in [1.54, 1.807) is 0 Å². The number of hydrogen-bond donors (Lipinski definition) is 3. The van der Waals surface area contributed by atoms with E-state index in [-0.39, 0.29) is 18.4 Å². The first-order chi connectivity index (χ1) is 17.0. The van der Waals surface area contributed by atoms with Crippen LogP contribution >= 0.6 is 0 Å². The van der Waals surface area contributed by atoms with Gasteiger partial charge >= 0.3 is 12.1 Å². The van der Waals surface area contributed by atoms with Crippen molar-refractivity contribution in [1.29, 1.82) is 0 Å². The summed E-state index contributed by atoms with van der Waals surface area (Å²) in [4.78, 5) is 38.1. The molecular formula is C28H32N2O5. The first-order valence-electron chi connectivity index (χ1n) is 12.7. The first-order valence-corrected chi connectivity index (χ1v) is 12.7. The van der Waals surface area contributed by atoms with Gasteiger partial charge in [-0.1, -0.05) is 74.2 Å². The van der Waals surface area contributed by atoms with Gasteiger partial charge in [0, 0.05) is 5.92 Å². The van der Waals surface area contributed by atoms with Gasteiger partial charge in [0.1, 0.15) is 18.2 Å². The molecule has 0 bridgehead atoms. The van der Waals surface area contributed by atoms with E-state index >= 15 is 0 Å². The van der Waals surface area contributed by atoms with E-state index in [4.69, 9.17) is 4.74 Å². The Kier molecular flexibility index (Phi) is 6.50. The Morgan fingerprint density at radius 2 is 1.51 bits per heavy atom. The van der Waals surface area contributed by atoms with Gasteiger partial charge < -0.3 is 20.5 Å². The Morgan fingerprint density at radius 1 is 0.914 bits per heavy atom. The summed E-state index contributed by atoms with van der Waals surface area (Å²) in [5, 5.41) is 15.4. The van der Waals surface area contributed by atoms with E-state index in [1.165, 1.54) is 0 Å². The van der Waals surface area contributed by atoms with Crippen molar-refractivity contribution in [2.45, 2.75) is 68.9 Å². The van der Waals surface area contributed by atoms with Gasteiger partial charge in [0.05, 0.1) is 0 Å². The van der Waals surface area contributed by atoms with Crippen LogP contribution in [0.5, 0.6) is 0 Å². The van der Waals surface area contributed by atoms with Crippen LogP contribution in [0.15, 0.2) is 48.5 Å². The standard InChI is InChI=1S/C28H32N2O5/c31-25(30-28(26(32)33)15-6-1-7-16-28)24(18-9-8-10-18)29-27(34)35-17-23-21-13-4-2-11-19(21)20-12-3-5-14-22(20)23/h2-5,11-14,18,23-24H,1,6-10,15-17H2,(H,29,34)(H,30,31)(H,32,33). The number of nitrogens with one attached hydrogen (secondary N) is 2. The lowest BCUT2D eigenvalue weighted by molar-refractivity contribution is -0.150. The summed E-state index contributed by atoms with van der Waals surface area (Å²) >= 11 is 0. The summed E-state index contributed by atoms with van der Waals surface area (Å²) in [7, 11) is 0. The van der Waals surface area contributed by atoms with Crippen molar-refractivity contribution >= 4 is 18.0 Å². The third-order valence-corrected chi connectivity index (χ3v) is 8.00. The third-order valence-electron chi connectivity index (χ3n) is 8.00. The molecule has 35 heavy (non-hydrogen) atoms. The molecule has 0 heterocycles. The molecule has 2 aromatic carbocycles. The summed E-state index contributed by atoms with van der Waals surface area (Å²) in [5.41, 5.74) is 3.29. The fraction of sp³-hybridized carbons (Fsp3) is 0.464. The van der Waals surface area contributed by atoms with E-state index in [9.17, 15) is 19.5 Å². The van der Waals surface area contributed by atoms with Gasteiger partial charge in [0.15, 0.2) is 0 Å². The van der Waals surface area contributed by atoms with Crippen LogP contribution in [0.25, 0.3) is 11.1 Å². The van der Waals surface area contributed by atoms with Crippen LogP contribution in [-0.2, 0) is 14.3 Å². The smallest absolute Gasteiger partial charge is 0.407 e. The van der Waals surface area contributed by atoms with Crippen molar-refractivity contribution in [3.8, 4) is 11.1 Å². The van der Waals surface area contributed by atoms with Crippen LogP contribution in [0.1, 0.15) is 68.4 Å². The Labute approximate surface area is 205 Å². The minimum atomic E-state index is -1.25. The highest BCUT2D eigenvalue weighted by Gasteiger charge is 2.44. The minimum absolute atomic E-state index is 0.00934. The second-order valence-corrected chi connectivity index (χ2v) is 10.1. The average Bonchev–Trinajstić information content (AvgIpc) is 3.15. The summed E-state index contributed by atoms with van der Waals surface area (Å²) in [6, 6.07) is 15.5. The third kappa shape index (κ3) is 4.51. The number of fused-ring (bicyclic) bond motifs is 3. The molecule has 1 atom stereocenters. The lowest BCUT2D eigenvalue weighted by Gasteiger charge is -2.38. The highest BCUT2D eigenvalue weighted by atomic mass is 16.5. The average molecular weight is 477 g/mol.